The van der Waals surface area contributed by atoms with Crippen molar-refractivity contribution in [3.8, 4) is 5.75 Å². The molecule has 0 radical (unpaired) electrons. The van der Waals surface area contributed by atoms with Crippen molar-refractivity contribution in [2.24, 2.45) is 0 Å². The number of nitrogens with zero attached hydrogens (tertiary/aromatic N) is 3. The zero-order valence-corrected chi connectivity index (χ0v) is 21.8. The van der Waals surface area contributed by atoms with Gasteiger partial charge >= 0.3 is 0 Å². The quantitative estimate of drug-likeness (QED) is 0.265. The molecule has 2 atom stereocenters. The third kappa shape index (κ3) is 5.97. The van der Waals surface area contributed by atoms with Crippen LogP contribution < -0.4 is 25.0 Å². The molecule has 37 heavy (non-hydrogen) atoms. The van der Waals surface area contributed by atoms with Crippen LogP contribution in [-0.4, -0.2) is 44.8 Å². The molecule has 192 valence electrons. The van der Waals surface area contributed by atoms with Gasteiger partial charge in [-0.2, -0.15) is 0 Å². The van der Waals surface area contributed by atoms with E-state index in [4.69, 9.17) is 16.3 Å². The second-order valence-electron chi connectivity index (χ2n) is 7.92. The summed E-state index contributed by atoms with van der Waals surface area (Å²) in [6.07, 6.45) is 0. The van der Waals surface area contributed by atoms with E-state index < -0.39 is 17.3 Å². The number of carbonyl (C=O) groups is 1. The maximum atomic E-state index is 12.6. The standard InChI is InChI=1S/C25H25ClN6O4S/c1-15(27-2)25(33)28-16-7-6-8-17(13-16)32(37(34)35)24-23(29-20-9-4-5-10-21(20)31-24)30-22-14-18(36-3)11-12-19(22)26/h4-15,27H,1-3H3,(H,28,33)(H,29,30)(H,34,35)/p-1/t15-/m0/s1. The van der Waals surface area contributed by atoms with Gasteiger partial charge < -0.3 is 25.2 Å². The van der Waals surface area contributed by atoms with Gasteiger partial charge in [0, 0.05) is 11.8 Å². The fourth-order valence-corrected chi connectivity index (χ4v) is 4.16. The van der Waals surface area contributed by atoms with Gasteiger partial charge in [0.25, 0.3) is 0 Å². The highest BCUT2D eigenvalue weighted by atomic mass is 35.5. The van der Waals surface area contributed by atoms with Crippen LogP contribution in [0.2, 0.25) is 5.02 Å². The highest BCUT2D eigenvalue weighted by Gasteiger charge is 2.21. The lowest BCUT2D eigenvalue weighted by atomic mass is 10.2. The molecule has 12 heteroatoms. The molecular weight excluding hydrogens is 516 g/mol. The number of ether oxygens (including phenoxy) is 1. The van der Waals surface area contributed by atoms with Crippen molar-refractivity contribution in [3.05, 3.63) is 71.8 Å². The van der Waals surface area contributed by atoms with Crippen molar-refractivity contribution in [2.45, 2.75) is 13.0 Å². The summed E-state index contributed by atoms with van der Waals surface area (Å²) >= 11 is 3.59. The lowest BCUT2D eigenvalue weighted by Crippen LogP contribution is -2.35. The Labute approximate surface area is 221 Å². The average Bonchev–Trinajstić information content (AvgIpc) is 2.89. The first-order valence-corrected chi connectivity index (χ1v) is 12.6. The fraction of sp³-hybridized carbons (Fsp3) is 0.160. The Kier molecular flexibility index (Phi) is 8.19. The zero-order valence-electron chi connectivity index (χ0n) is 20.2. The number of nitrogens with one attached hydrogen (secondary N) is 3. The molecule has 4 rings (SSSR count). The summed E-state index contributed by atoms with van der Waals surface area (Å²) in [5.74, 6) is 0.440. The van der Waals surface area contributed by atoms with Gasteiger partial charge in [-0.3, -0.25) is 13.3 Å². The highest BCUT2D eigenvalue weighted by Crippen LogP contribution is 2.37. The molecule has 0 bridgehead atoms. The number of para-hydroxylation sites is 2. The number of methoxy groups -OCH3 is 1. The van der Waals surface area contributed by atoms with Crippen molar-refractivity contribution in [1.82, 2.24) is 15.3 Å². The molecule has 0 spiro atoms. The molecule has 0 aliphatic heterocycles. The number of fused-ring (bicyclic) bond motifs is 1. The van der Waals surface area contributed by atoms with E-state index in [1.54, 1.807) is 74.6 Å². The molecule has 1 unspecified atom stereocenters. The summed E-state index contributed by atoms with van der Waals surface area (Å²) in [4.78, 5) is 21.6. The minimum absolute atomic E-state index is 0.0120. The molecule has 0 aliphatic rings. The lowest BCUT2D eigenvalue weighted by Gasteiger charge is -2.28. The first kappa shape index (κ1) is 26.3. The number of carbonyl (C=O) groups excluding carboxylic acids is 1. The zero-order chi connectivity index (χ0) is 26.5. The van der Waals surface area contributed by atoms with Crippen molar-refractivity contribution in [3.63, 3.8) is 0 Å². The van der Waals surface area contributed by atoms with E-state index in [0.29, 0.717) is 33.2 Å². The van der Waals surface area contributed by atoms with Crippen LogP contribution in [0.4, 0.5) is 28.7 Å². The Hall–Kier alpha value is -3.77. The van der Waals surface area contributed by atoms with Crippen molar-refractivity contribution in [2.75, 3.05) is 29.1 Å². The summed E-state index contributed by atoms with van der Waals surface area (Å²) in [5, 5.41) is 9.11. The van der Waals surface area contributed by atoms with Gasteiger partial charge in [0.2, 0.25) is 5.91 Å². The highest BCUT2D eigenvalue weighted by molar-refractivity contribution is 7.81. The number of aromatic nitrogens is 2. The number of hydrogen-bond acceptors (Lipinski definition) is 8. The average molecular weight is 540 g/mol. The van der Waals surface area contributed by atoms with E-state index in [9.17, 15) is 13.6 Å². The third-order valence-corrected chi connectivity index (χ3v) is 6.51. The normalized spacial score (nSPS) is 12.6. The first-order chi connectivity index (χ1) is 17.8. The second-order valence-corrected chi connectivity index (χ2v) is 9.12. The van der Waals surface area contributed by atoms with Crippen molar-refractivity contribution >= 4 is 68.5 Å². The minimum atomic E-state index is -2.80. The Bertz CT molecular complexity index is 1470. The van der Waals surface area contributed by atoms with Gasteiger partial charge in [0.05, 0.1) is 51.8 Å². The Morgan fingerprint density at radius 3 is 2.49 bits per heavy atom. The molecule has 0 aliphatic carbocycles. The SMILES string of the molecule is CN[C@@H](C)C(=O)Nc1cccc(N(c2nc3ccccc3nc2Nc2cc(OC)ccc2Cl)S(=O)[O-])c1. The Morgan fingerprint density at radius 1 is 1.08 bits per heavy atom. The van der Waals surface area contributed by atoms with Crippen LogP contribution >= 0.6 is 11.6 Å². The molecule has 1 aromatic heterocycles. The van der Waals surface area contributed by atoms with Gasteiger partial charge in [-0.25, -0.2) is 9.97 Å². The smallest absolute Gasteiger partial charge is 0.241 e. The maximum Gasteiger partial charge on any atom is 0.241 e. The van der Waals surface area contributed by atoms with Crippen LogP contribution in [-0.2, 0) is 16.1 Å². The molecule has 1 heterocycles. The molecule has 3 N–H and O–H groups in total. The van der Waals surface area contributed by atoms with Gasteiger partial charge in [-0.15, -0.1) is 0 Å². The van der Waals surface area contributed by atoms with Gasteiger partial charge in [0.15, 0.2) is 11.6 Å². The number of anilines is 5. The van der Waals surface area contributed by atoms with Crippen LogP contribution in [0.3, 0.4) is 0 Å². The van der Waals surface area contributed by atoms with Gasteiger partial charge in [-0.05, 0) is 56.4 Å². The van der Waals surface area contributed by atoms with E-state index >= 15 is 0 Å². The number of likely N-dealkylation sites (N-methyl/N-ethyl adjacent to an activating group) is 1. The van der Waals surface area contributed by atoms with Crippen molar-refractivity contribution in [1.29, 1.82) is 0 Å². The van der Waals surface area contributed by atoms with E-state index in [2.05, 4.69) is 25.9 Å². The summed E-state index contributed by atoms with van der Waals surface area (Å²) in [5.41, 5.74) is 2.14. The molecule has 0 saturated heterocycles. The van der Waals surface area contributed by atoms with Crippen LogP contribution in [0.5, 0.6) is 5.75 Å². The van der Waals surface area contributed by atoms with Crippen LogP contribution in [0, 0.1) is 0 Å². The predicted octanol–water partition coefficient (Wildman–Crippen LogP) is 4.51. The molecule has 0 saturated carbocycles. The number of benzene rings is 3. The van der Waals surface area contributed by atoms with E-state index in [1.807, 2.05) is 0 Å². The molecule has 10 nitrogen and oxygen atoms in total. The van der Waals surface area contributed by atoms with Crippen LogP contribution in [0.15, 0.2) is 66.7 Å². The number of amides is 1. The predicted molar refractivity (Wildman–Crippen MR) is 145 cm³/mol. The Morgan fingerprint density at radius 2 is 1.81 bits per heavy atom. The molecule has 4 aromatic rings. The number of hydrogen-bond donors (Lipinski definition) is 3. The topological polar surface area (TPSA) is 132 Å². The maximum absolute atomic E-state index is 12.6. The number of halogens is 1. The van der Waals surface area contributed by atoms with Crippen LogP contribution in [0.25, 0.3) is 11.0 Å². The molecule has 1 amide bonds. The molecule has 3 aromatic carbocycles. The number of rotatable bonds is 9. The molecule has 0 fully saturated rings. The van der Waals surface area contributed by atoms with E-state index in [0.717, 1.165) is 4.31 Å². The first-order valence-electron chi connectivity index (χ1n) is 11.2. The van der Waals surface area contributed by atoms with Crippen molar-refractivity contribution < 1.29 is 18.3 Å². The summed E-state index contributed by atoms with van der Waals surface area (Å²) in [6, 6.07) is 18.1. The summed E-state index contributed by atoms with van der Waals surface area (Å²) in [7, 11) is 3.20. The van der Waals surface area contributed by atoms with Gasteiger partial charge in [0.1, 0.15) is 5.75 Å². The summed E-state index contributed by atoms with van der Waals surface area (Å²) in [6.45, 7) is 1.71. The lowest BCUT2D eigenvalue weighted by molar-refractivity contribution is -0.117. The van der Waals surface area contributed by atoms with Crippen LogP contribution in [0.1, 0.15) is 6.92 Å². The Balaban J connectivity index is 1.83. The fourth-order valence-electron chi connectivity index (χ4n) is 3.44. The van der Waals surface area contributed by atoms with E-state index in [1.165, 1.54) is 13.2 Å². The largest absolute Gasteiger partial charge is 0.755 e. The monoisotopic (exact) mass is 539 g/mol. The molecular formula is C25H24ClN6O4S-. The minimum Gasteiger partial charge on any atom is -0.755 e. The summed E-state index contributed by atoms with van der Waals surface area (Å²) < 4.78 is 31.5. The van der Waals surface area contributed by atoms with E-state index in [-0.39, 0.29) is 23.2 Å². The second kappa shape index (κ2) is 11.5. The van der Waals surface area contributed by atoms with Gasteiger partial charge in [-0.1, -0.05) is 29.8 Å². The third-order valence-electron chi connectivity index (χ3n) is 5.49.